The highest BCUT2D eigenvalue weighted by Crippen LogP contribution is 2.45. The maximum absolute atomic E-state index is 4.31. The van der Waals surface area contributed by atoms with Crippen LogP contribution in [0.5, 0.6) is 0 Å². The molecule has 0 radical (unpaired) electrons. The molecule has 2 nitrogen and oxygen atoms in total. The molecule has 2 heterocycles. The predicted molar refractivity (Wildman–Crippen MR) is 219 cm³/mol. The molecule has 7 aromatic carbocycles. The van der Waals surface area contributed by atoms with Gasteiger partial charge in [0.1, 0.15) is 0 Å². The highest BCUT2D eigenvalue weighted by molar-refractivity contribution is 6.22. The molecule has 0 aliphatic carbocycles. The van der Waals surface area contributed by atoms with Crippen LogP contribution in [0.3, 0.4) is 0 Å². The lowest BCUT2D eigenvalue weighted by molar-refractivity contribution is 1.27. The molecule has 0 fully saturated rings. The molecular formula is C50H36N2. The summed E-state index contributed by atoms with van der Waals surface area (Å²) in [4.78, 5) is 8.62. The van der Waals surface area contributed by atoms with E-state index in [1.54, 1.807) is 0 Å². The van der Waals surface area contributed by atoms with Crippen molar-refractivity contribution in [2.75, 3.05) is 0 Å². The second-order valence-electron chi connectivity index (χ2n) is 13.5. The quantitative estimate of drug-likeness (QED) is 0.165. The average molecular weight is 665 g/mol. The summed E-state index contributed by atoms with van der Waals surface area (Å²) in [6.07, 6.45) is 7.60. The monoisotopic (exact) mass is 664 g/mol. The van der Waals surface area contributed by atoms with Crippen LogP contribution in [0.1, 0.15) is 11.1 Å². The highest BCUT2D eigenvalue weighted by atomic mass is 14.6. The number of aromatic nitrogens is 2. The first-order valence-electron chi connectivity index (χ1n) is 17.8. The summed E-state index contributed by atoms with van der Waals surface area (Å²) in [5, 5.41) is 4.95. The fourth-order valence-corrected chi connectivity index (χ4v) is 7.72. The Labute approximate surface area is 304 Å². The lowest BCUT2D eigenvalue weighted by Gasteiger charge is -2.19. The van der Waals surface area contributed by atoms with Gasteiger partial charge in [-0.15, -0.1) is 0 Å². The maximum atomic E-state index is 4.31. The number of hydrogen-bond acceptors (Lipinski definition) is 2. The van der Waals surface area contributed by atoms with Gasteiger partial charge in [0.15, 0.2) is 0 Å². The third-order valence-corrected chi connectivity index (χ3v) is 10.3. The van der Waals surface area contributed by atoms with Gasteiger partial charge in [-0.1, -0.05) is 133 Å². The first kappa shape index (κ1) is 31.3. The number of aryl methyl sites for hydroxylation is 2. The molecule has 0 amide bonds. The van der Waals surface area contributed by atoms with Crippen molar-refractivity contribution in [3.63, 3.8) is 0 Å². The van der Waals surface area contributed by atoms with Gasteiger partial charge in [0.25, 0.3) is 0 Å². The molecule has 0 atom stereocenters. The van der Waals surface area contributed by atoms with Crippen molar-refractivity contribution >= 4 is 21.5 Å². The Kier molecular flexibility index (Phi) is 7.98. The molecule has 0 saturated heterocycles. The van der Waals surface area contributed by atoms with Gasteiger partial charge in [-0.05, 0) is 138 Å². The first-order chi connectivity index (χ1) is 25.6. The van der Waals surface area contributed by atoms with E-state index < -0.39 is 0 Å². The summed E-state index contributed by atoms with van der Waals surface area (Å²) in [6.45, 7) is 4.24. The van der Waals surface area contributed by atoms with Crippen molar-refractivity contribution < 1.29 is 0 Å². The Bertz CT molecular complexity index is 2730. The van der Waals surface area contributed by atoms with Gasteiger partial charge in [0.05, 0.1) is 0 Å². The van der Waals surface area contributed by atoms with Crippen molar-refractivity contribution in [2.45, 2.75) is 13.8 Å². The lowest BCUT2D eigenvalue weighted by atomic mass is 9.84. The molecule has 52 heavy (non-hydrogen) atoms. The van der Waals surface area contributed by atoms with Gasteiger partial charge < -0.3 is 0 Å². The fourth-order valence-electron chi connectivity index (χ4n) is 7.72. The van der Waals surface area contributed by atoms with Crippen LogP contribution in [-0.2, 0) is 0 Å². The summed E-state index contributed by atoms with van der Waals surface area (Å²) in [5.41, 5.74) is 16.9. The number of fused-ring (bicyclic) bond motifs is 2. The Balaban J connectivity index is 1.27. The minimum absolute atomic E-state index is 1.17. The van der Waals surface area contributed by atoms with Gasteiger partial charge in [-0.3, -0.25) is 9.97 Å². The number of pyridine rings is 2. The van der Waals surface area contributed by atoms with Crippen molar-refractivity contribution in [3.05, 3.63) is 194 Å². The van der Waals surface area contributed by atoms with E-state index in [2.05, 4.69) is 182 Å². The summed E-state index contributed by atoms with van der Waals surface area (Å²) in [7, 11) is 0. The van der Waals surface area contributed by atoms with E-state index in [-0.39, 0.29) is 0 Å². The molecule has 0 saturated carbocycles. The Morgan fingerprint density at radius 1 is 0.308 bits per heavy atom. The summed E-state index contributed by atoms with van der Waals surface area (Å²) < 4.78 is 0. The van der Waals surface area contributed by atoms with Gasteiger partial charge in [-0.2, -0.15) is 0 Å². The molecule has 0 spiro atoms. The summed E-state index contributed by atoms with van der Waals surface area (Å²) in [6, 6.07) is 57.7. The largest absolute Gasteiger partial charge is 0.264 e. The van der Waals surface area contributed by atoms with Gasteiger partial charge in [0, 0.05) is 24.8 Å². The van der Waals surface area contributed by atoms with Gasteiger partial charge in [0.2, 0.25) is 0 Å². The van der Waals surface area contributed by atoms with E-state index in [1.165, 1.54) is 99.4 Å². The second-order valence-corrected chi connectivity index (χ2v) is 13.5. The van der Waals surface area contributed by atoms with Crippen LogP contribution >= 0.6 is 0 Å². The van der Waals surface area contributed by atoms with Crippen molar-refractivity contribution in [3.8, 4) is 66.8 Å². The SMILES string of the molecule is Cc1cnccc1-c1ccc(-c2c3ccccc3c(-c3ccc(-c4ccncc4C)cc3)c3cc(-c4cccc(-c5ccccc5)c4)ccc23)cc1. The lowest BCUT2D eigenvalue weighted by Crippen LogP contribution is -1.92. The third kappa shape index (κ3) is 5.65. The van der Waals surface area contributed by atoms with E-state index in [4.69, 9.17) is 0 Å². The first-order valence-corrected chi connectivity index (χ1v) is 17.8. The zero-order valence-corrected chi connectivity index (χ0v) is 29.2. The molecule has 0 aliphatic heterocycles. The minimum atomic E-state index is 1.17. The molecule has 0 N–H and O–H groups in total. The van der Waals surface area contributed by atoms with Crippen LogP contribution in [0.15, 0.2) is 183 Å². The topological polar surface area (TPSA) is 25.8 Å². The minimum Gasteiger partial charge on any atom is -0.264 e. The highest BCUT2D eigenvalue weighted by Gasteiger charge is 2.18. The predicted octanol–water partition coefficient (Wildman–Crippen LogP) is 13.4. The van der Waals surface area contributed by atoms with Crippen LogP contribution in [-0.4, -0.2) is 9.97 Å². The zero-order chi connectivity index (χ0) is 35.0. The summed E-state index contributed by atoms with van der Waals surface area (Å²) in [5.74, 6) is 0. The molecular weight excluding hydrogens is 629 g/mol. The Hall–Kier alpha value is -6.64. The van der Waals surface area contributed by atoms with E-state index in [0.717, 1.165) is 0 Å². The van der Waals surface area contributed by atoms with Crippen LogP contribution in [0.2, 0.25) is 0 Å². The van der Waals surface area contributed by atoms with Crippen molar-refractivity contribution in [1.29, 1.82) is 0 Å². The number of benzene rings is 7. The van der Waals surface area contributed by atoms with E-state index in [1.807, 2.05) is 24.8 Å². The number of nitrogens with zero attached hydrogens (tertiary/aromatic N) is 2. The molecule has 0 unspecified atom stereocenters. The molecule has 2 aromatic heterocycles. The molecule has 9 aromatic rings. The van der Waals surface area contributed by atoms with E-state index >= 15 is 0 Å². The maximum Gasteiger partial charge on any atom is 0.0303 e. The molecule has 9 rings (SSSR count). The van der Waals surface area contributed by atoms with Crippen LogP contribution in [0.25, 0.3) is 88.3 Å². The Morgan fingerprint density at radius 2 is 0.731 bits per heavy atom. The Morgan fingerprint density at radius 3 is 1.29 bits per heavy atom. The average Bonchev–Trinajstić information content (AvgIpc) is 3.21. The van der Waals surface area contributed by atoms with Gasteiger partial charge in [-0.25, -0.2) is 0 Å². The van der Waals surface area contributed by atoms with Gasteiger partial charge >= 0.3 is 0 Å². The smallest absolute Gasteiger partial charge is 0.0303 e. The second kappa shape index (κ2) is 13.2. The molecule has 246 valence electrons. The van der Waals surface area contributed by atoms with Crippen molar-refractivity contribution in [1.82, 2.24) is 9.97 Å². The fraction of sp³-hybridized carbons (Fsp3) is 0.0400. The number of rotatable bonds is 6. The van der Waals surface area contributed by atoms with Crippen LogP contribution in [0.4, 0.5) is 0 Å². The van der Waals surface area contributed by atoms with E-state index in [9.17, 15) is 0 Å². The van der Waals surface area contributed by atoms with Crippen LogP contribution < -0.4 is 0 Å². The number of hydrogen-bond donors (Lipinski definition) is 0. The molecule has 0 bridgehead atoms. The molecule has 0 aliphatic rings. The van der Waals surface area contributed by atoms with Crippen molar-refractivity contribution in [2.24, 2.45) is 0 Å². The standard InChI is InChI=1S/C50H36N2/c1-33-31-51-27-25-43(33)36-15-19-38(20-16-36)49-45-13-6-7-14-46(45)50(39-21-17-37(18-22-39)44-26-28-52-32-34(44)2)48-30-42(23-24-47(48)49)41-12-8-11-40(29-41)35-9-4-3-5-10-35/h3-32H,1-2H3. The summed E-state index contributed by atoms with van der Waals surface area (Å²) >= 11 is 0. The third-order valence-electron chi connectivity index (χ3n) is 10.3. The zero-order valence-electron chi connectivity index (χ0n) is 29.2. The van der Waals surface area contributed by atoms with E-state index in [0.29, 0.717) is 0 Å². The van der Waals surface area contributed by atoms with Crippen LogP contribution in [0, 0.1) is 13.8 Å². The molecule has 2 heteroatoms. The normalized spacial score (nSPS) is 11.3.